The van der Waals surface area contributed by atoms with Gasteiger partial charge in [-0.2, -0.15) is 0 Å². The first-order valence-corrected chi connectivity index (χ1v) is 8.10. The van der Waals surface area contributed by atoms with Crippen molar-refractivity contribution in [2.24, 2.45) is 0 Å². The summed E-state index contributed by atoms with van der Waals surface area (Å²) in [6, 6.07) is 0. The van der Waals surface area contributed by atoms with Crippen molar-refractivity contribution in [3.63, 3.8) is 0 Å². The zero-order valence-electron chi connectivity index (χ0n) is 11.0. The zero-order chi connectivity index (χ0) is 13.7. The van der Waals surface area contributed by atoms with Crippen LogP contribution in [0.25, 0.3) is 0 Å². The molecular formula is C11H18N2O3S2. The SMILES string of the molecule is CCOC(=O)c1nc(NCC(C)S(C)=O)sc1C. The van der Waals surface area contributed by atoms with Crippen LogP contribution < -0.4 is 5.32 Å². The first-order valence-electron chi connectivity index (χ1n) is 5.66. The van der Waals surface area contributed by atoms with E-state index in [1.54, 1.807) is 13.2 Å². The Bertz CT molecular complexity index is 445. The van der Waals surface area contributed by atoms with E-state index in [1.165, 1.54) is 11.3 Å². The number of carbonyl (C=O) groups excluding carboxylic acids is 1. The topological polar surface area (TPSA) is 68.3 Å². The Morgan fingerprint density at radius 2 is 2.28 bits per heavy atom. The molecule has 1 aromatic rings. The van der Waals surface area contributed by atoms with Crippen LogP contribution in [0.5, 0.6) is 0 Å². The van der Waals surface area contributed by atoms with Gasteiger partial charge in [0, 0.05) is 33.7 Å². The normalized spacial score (nSPS) is 14.0. The van der Waals surface area contributed by atoms with Crippen molar-refractivity contribution in [2.45, 2.75) is 26.0 Å². The molecule has 0 aliphatic heterocycles. The smallest absolute Gasteiger partial charge is 0.358 e. The Morgan fingerprint density at radius 3 is 2.83 bits per heavy atom. The Kier molecular flexibility index (Phi) is 5.74. The summed E-state index contributed by atoms with van der Waals surface area (Å²) in [5.41, 5.74) is 0.356. The van der Waals surface area contributed by atoms with Gasteiger partial charge in [-0.25, -0.2) is 9.78 Å². The zero-order valence-corrected chi connectivity index (χ0v) is 12.6. The number of ether oxygens (including phenoxy) is 1. The number of rotatable bonds is 6. The van der Waals surface area contributed by atoms with Crippen molar-refractivity contribution in [3.05, 3.63) is 10.6 Å². The van der Waals surface area contributed by atoms with E-state index in [-0.39, 0.29) is 5.25 Å². The molecule has 0 fully saturated rings. The van der Waals surface area contributed by atoms with E-state index in [0.717, 1.165) is 4.88 Å². The summed E-state index contributed by atoms with van der Waals surface area (Å²) >= 11 is 1.40. The molecule has 0 aromatic carbocycles. The standard InChI is InChI=1S/C11H18N2O3S2/c1-5-16-10(14)9-8(3)17-11(13-9)12-6-7(2)18(4)15/h7H,5-6H2,1-4H3,(H,12,13). The van der Waals surface area contributed by atoms with Gasteiger partial charge in [0.05, 0.1) is 6.61 Å². The molecule has 7 heteroatoms. The highest BCUT2D eigenvalue weighted by Crippen LogP contribution is 2.22. The second kappa shape index (κ2) is 6.84. The number of hydrogen-bond acceptors (Lipinski definition) is 6. The number of hydrogen-bond donors (Lipinski definition) is 1. The lowest BCUT2D eigenvalue weighted by molar-refractivity contribution is 0.0519. The number of carbonyl (C=O) groups is 1. The third kappa shape index (κ3) is 4.06. The molecule has 1 heterocycles. The highest BCUT2D eigenvalue weighted by molar-refractivity contribution is 7.84. The van der Waals surface area contributed by atoms with Crippen molar-refractivity contribution < 1.29 is 13.7 Å². The molecule has 18 heavy (non-hydrogen) atoms. The number of thiazole rings is 1. The molecule has 0 aliphatic rings. The Labute approximate surface area is 113 Å². The van der Waals surface area contributed by atoms with Gasteiger partial charge in [-0.15, -0.1) is 11.3 Å². The van der Waals surface area contributed by atoms with Gasteiger partial charge in [0.15, 0.2) is 10.8 Å². The lowest BCUT2D eigenvalue weighted by atomic mass is 10.4. The average molecular weight is 290 g/mol. The van der Waals surface area contributed by atoms with E-state index in [9.17, 15) is 9.00 Å². The molecule has 0 amide bonds. The van der Waals surface area contributed by atoms with Gasteiger partial charge in [0.1, 0.15) is 0 Å². The van der Waals surface area contributed by atoms with Crippen LogP contribution in [0.1, 0.15) is 29.2 Å². The highest BCUT2D eigenvalue weighted by atomic mass is 32.2. The van der Waals surface area contributed by atoms with Crippen LogP contribution >= 0.6 is 11.3 Å². The minimum atomic E-state index is -0.872. The van der Waals surface area contributed by atoms with E-state index in [2.05, 4.69) is 10.3 Å². The number of aryl methyl sites for hydroxylation is 1. The predicted octanol–water partition coefficient (Wildman–Crippen LogP) is 1.81. The summed E-state index contributed by atoms with van der Waals surface area (Å²) in [6.45, 7) is 6.39. The van der Waals surface area contributed by atoms with Crippen LogP contribution in [0.2, 0.25) is 0 Å². The van der Waals surface area contributed by atoms with Crippen LogP contribution in [0.3, 0.4) is 0 Å². The van der Waals surface area contributed by atoms with E-state index >= 15 is 0 Å². The van der Waals surface area contributed by atoms with Crippen molar-refractivity contribution in [2.75, 3.05) is 24.7 Å². The van der Waals surface area contributed by atoms with Crippen LogP contribution in [-0.4, -0.2) is 39.8 Å². The molecule has 102 valence electrons. The van der Waals surface area contributed by atoms with Crippen molar-refractivity contribution >= 4 is 33.2 Å². The lowest BCUT2D eigenvalue weighted by Crippen LogP contribution is -2.20. The third-order valence-corrected chi connectivity index (χ3v) is 4.60. The van der Waals surface area contributed by atoms with Crippen LogP contribution in [0, 0.1) is 6.92 Å². The average Bonchev–Trinajstić information content (AvgIpc) is 2.67. The minimum absolute atomic E-state index is 0.0419. The molecule has 0 spiro atoms. The lowest BCUT2D eigenvalue weighted by Gasteiger charge is -2.08. The number of esters is 1. The summed E-state index contributed by atoms with van der Waals surface area (Å²) in [7, 11) is -0.872. The monoisotopic (exact) mass is 290 g/mol. The number of nitrogens with one attached hydrogen (secondary N) is 1. The molecule has 0 bridgehead atoms. The van der Waals surface area contributed by atoms with Gasteiger partial charge in [-0.05, 0) is 20.8 Å². The molecule has 1 rings (SSSR count). The minimum Gasteiger partial charge on any atom is -0.461 e. The third-order valence-electron chi connectivity index (χ3n) is 2.37. The van der Waals surface area contributed by atoms with Crippen LogP contribution in [0.4, 0.5) is 5.13 Å². The van der Waals surface area contributed by atoms with Gasteiger partial charge in [0.2, 0.25) is 0 Å². The van der Waals surface area contributed by atoms with Gasteiger partial charge in [-0.3, -0.25) is 4.21 Å². The van der Waals surface area contributed by atoms with E-state index < -0.39 is 16.8 Å². The quantitative estimate of drug-likeness (QED) is 0.809. The molecule has 5 nitrogen and oxygen atoms in total. The summed E-state index contributed by atoms with van der Waals surface area (Å²) in [4.78, 5) is 16.6. The molecule has 1 aromatic heterocycles. The van der Waals surface area contributed by atoms with E-state index in [1.807, 2.05) is 13.8 Å². The van der Waals surface area contributed by atoms with Crippen molar-refractivity contribution in [3.8, 4) is 0 Å². The maximum atomic E-state index is 11.6. The number of anilines is 1. The summed E-state index contributed by atoms with van der Waals surface area (Å²) < 4.78 is 16.1. The summed E-state index contributed by atoms with van der Waals surface area (Å²) in [5.74, 6) is -0.397. The van der Waals surface area contributed by atoms with Gasteiger partial charge in [-0.1, -0.05) is 0 Å². The molecule has 2 unspecified atom stereocenters. The summed E-state index contributed by atoms with van der Waals surface area (Å²) in [6.07, 6.45) is 1.67. The van der Waals surface area contributed by atoms with Crippen molar-refractivity contribution in [1.29, 1.82) is 0 Å². The van der Waals surface area contributed by atoms with Crippen LogP contribution in [-0.2, 0) is 15.5 Å². The first-order chi connectivity index (χ1) is 8.45. The van der Waals surface area contributed by atoms with Crippen LogP contribution in [0.15, 0.2) is 0 Å². The van der Waals surface area contributed by atoms with E-state index in [0.29, 0.717) is 24.0 Å². The maximum Gasteiger partial charge on any atom is 0.358 e. The molecule has 0 aliphatic carbocycles. The van der Waals surface area contributed by atoms with Gasteiger partial charge in [0.25, 0.3) is 0 Å². The molecule has 0 saturated carbocycles. The fourth-order valence-electron chi connectivity index (χ4n) is 1.21. The number of aromatic nitrogens is 1. The second-order valence-electron chi connectivity index (χ2n) is 3.83. The second-order valence-corrected chi connectivity index (χ2v) is 6.84. The fraction of sp³-hybridized carbons (Fsp3) is 0.636. The molecule has 0 saturated heterocycles. The predicted molar refractivity (Wildman–Crippen MR) is 74.8 cm³/mol. The number of nitrogens with zero attached hydrogens (tertiary/aromatic N) is 1. The van der Waals surface area contributed by atoms with Gasteiger partial charge >= 0.3 is 5.97 Å². The molecule has 1 N–H and O–H groups in total. The Balaban J connectivity index is 2.66. The molecule has 2 atom stereocenters. The Hall–Kier alpha value is -0.950. The van der Waals surface area contributed by atoms with Crippen molar-refractivity contribution in [1.82, 2.24) is 4.98 Å². The largest absolute Gasteiger partial charge is 0.461 e. The molecule has 0 radical (unpaired) electrons. The van der Waals surface area contributed by atoms with Gasteiger partial charge < -0.3 is 10.1 Å². The highest BCUT2D eigenvalue weighted by Gasteiger charge is 2.16. The maximum absolute atomic E-state index is 11.6. The van der Waals surface area contributed by atoms with E-state index in [4.69, 9.17) is 4.74 Å². The Morgan fingerprint density at radius 1 is 1.61 bits per heavy atom. The first kappa shape index (κ1) is 15.1. The fourth-order valence-corrected chi connectivity index (χ4v) is 2.34. The summed E-state index contributed by atoms with van der Waals surface area (Å²) in [5, 5.41) is 3.79. The molecular weight excluding hydrogens is 272 g/mol.